The second-order valence-corrected chi connectivity index (χ2v) is 7.16. The fourth-order valence-corrected chi connectivity index (χ4v) is 3.28. The van der Waals surface area contributed by atoms with E-state index in [1.165, 1.54) is 0 Å². The highest BCUT2D eigenvalue weighted by Crippen LogP contribution is 2.23. The van der Waals surface area contributed by atoms with Crippen molar-refractivity contribution in [3.63, 3.8) is 0 Å². The van der Waals surface area contributed by atoms with Gasteiger partial charge < -0.3 is 15.4 Å². The summed E-state index contributed by atoms with van der Waals surface area (Å²) in [4.78, 5) is 24.8. The van der Waals surface area contributed by atoms with E-state index in [-0.39, 0.29) is 18.4 Å². The van der Waals surface area contributed by atoms with Crippen LogP contribution < -0.4 is 15.4 Å². The molecule has 0 unspecified atom stereocenters. The standard InChI is InChI=1S/C26H22N2O3/c1-18-7-2-5-11-23(18)28-26(30)20-13-15-21(16-14-20)31-17-25(29)27-24-12-6-9-19-8-3-4-10-22(19)24/h2-16H,17H2,1H3,(H,27,29)(H,28,30). The Hall–Kier alpha value is -4.12. The molecule has 0 bridgehead atoms. The van der Waals surface area contributed by atoms with Crippen LogP contribution in [-0.2, 0) is 4.79 Å². The van der Waals surface area contributed by atoms with Crippen LogP contribution in [0.4, 0.5) is 11.4 Å². The molecule has 0 aliphatic heterocycles. The van der Waals surface area contributed by atoms with Crippen LogP contribution in [0.2, 0.25) is 0 Å². The number of para-hydroxylation sites is 1. The molecule has 0 aliphatic rings. The zero-order valence-corrected chi connectivity index (χ0v) is 17.1. The molecule has 4 aromatic carbocycles. The summed E-state index contributed by atoms with van der Waals surface area (Å²) in [6.45, 7) is 1.81. The maximum Gasteiger partial charge on any atom is 0.262 e. The van der Waals surface area contributed by atoms with Crippen molar-refractivity contribution in [3.05, 3.63) is 102 Å². The Balaban J connectivity index is 1.34. The molecule has 0 saturated heterocycles. The minimum atomic E-state index is -0.252. The molecule has 5 heteroatoms. The second kappa shape index (κ2) is 9.13. The number of aryl methyl sites for hydroxylation is 1. The highest BCUT2D eigenvalue weighted by Gasteiger charge is 2.09. The first-order valence-electron chi connectivity index (χ1n) is 9.97. The lowest BCUT2D eigenvalue weighted by Gasteiger charge is -2.11. The normalized spacial score (nSPS) is 10.5. The van der Waals surface area contributed by atoms with Gasteiger partial charge in [-0.3, -0.25) is 9.59 Å². The van der Waals surface area contributed by atoms with Gasteiger partial charge in [-0.1, -0.05) is 54.6 Å². The van der Waals surface area contributed by atoms with Crippen LogP contribution in [0.25, 0.3) is 10.8 Å². The lowest BCUT2D eigenvalue weighted by molar-refractivity contribution is -0.118. The van der Waals surface area contributed by atoms with E-state index < -0.39 is 0 Å². The van der Waals surface area contributed by atoms with Gasteiger partial charge in [-0.05, 0) is 54.3 Å². The number of fused-ring (bicyclic) bond motifs is 1. The Morgan fingerprint density at radius 2 is 1.42 bits per heavy atom. The quantitative estimate of drug-likeness (QED) is 0.446. The third kappa shape index (κ3) is 4.90. The average Bonchev–Trinajstić information content (AvgIpc) is 2.80. The van der Waals surface area contributed by atoms with Gasteiger partial charge in [0.05, 0.1) is 0 Å². The lowest BCUT2D eigenvalue weighted by Crippen LogP contribution is -2.20. The topological polar surface area (TPSA) is 67.4 Å². The van der Waals surface area contributed by atoms with E-state index in [0.29, 0.717) is 11.3 Å². The van der Waals surface area contributed by atoms with Gasteiger partial charge >= 0.3 is 0 Å². The van der Waals surface area contributed by atoms with E-state index in [2.05, 4.69) is 10.6 Å². The van der Waals surface area contributed by atoms with E-state index in [9.17, 15) is 9.59 Å². The Bertz CT molecular complexity index is 1230. The average molecular weight is 410 g/mol. The fourth-order valence-electron chi connectivity index (χ4n) is 3.28. The third-order valence-corrected chi connectivity index (χ3v) is 4.94. The Labute approximate surface area is 180 Å². The second-order valence-electron chi connectivity index (χ2n) is 7.16. The molecule has 4 rings (SSSR count). The van der Waals surface area contributed by atoms with Crippen LogP contribution in [0, 0.1) is 6.92 Å². The van der Waals surface area contributed by atoms with Gasteiger partial charge in [0.15, 0.2) is 6.61 Å². The van der Waals surface area contributed by atoms with Crippen molar-refractivity contribution in [2.24, 2.45) is 0 Å². The molecule has 0 radical (unpaired) electrons. The Kier molecular flexibility index (Phi) is 5.94. The van der Waals surface area contributed by atoms with Crippen molar-refractivity contribution < 1.29 is 14.3 Å². The summed E-state index contributed by atoms with van der Waals surface area (Å²) < 4.78 is 5.58. The predicted octanol–water partition coefficient (Wildman–Crippen LogP) is 5.42. The molecule has 5 nitrogen and oxygen atoms in total. The summed E-state index contributed by atoms with van der Waals surface area (Å²) in [7, 11) is 0. The predicted molar refractivity (Wildman–Crippen MR) is 124 cm³/mol. The molecule has 31 heavy (non-hydrogen) atoms. The first kappa shape index (κ1) is 20.2. The molecule has 0 aromatic heterocycles. The van der Waals surface area contributed by atoms with E-state index in [0.717, 1.165) is 27.7 Å². The number of ether oxygens (including phenoxy) is 1. The minimum absolute atomic E-state index is 0.127. The number of anilines is 2. The molecule has 2 N–H and O–H groups in total. The molecule has 2 amide bonds. The highest BCUT2D eigenvalue weighted by atomic mass is 16.5. The van der Waals surface area contributed by atoms with Gasteiger partial charge in [-0.15, -0.1) is 0 Å². The molecular formula is C26H22N2O3. The van der Waals surface area contributed by atoms with Gasteiger partial charge in [-0.2, -0.15) is 0 Å². The molecule has 0 aliphatic carbocycles. The van der Waals surface area contributed by atoms with Crippen molar-refractivity contribution in [1.82, 2.24) is 0 Å². The molecule has 0 heterocycles. The van der Waals surface area contributed by atoms with E-state index in [1.54, 1.807) is 24.3 Å². The number of rotatable bonds is 6. The molecule has 0 spiro atoms. The molecular weight excluding hydrogens is 388 g/mol. The summed E-state index contributed by atoms with van der Waals surface area (Å²) in [5, 5.41) is 7.81. The highest BCUT2D eigenvalue weighted by molar-refractivity contribution is 6.05. The van der Waals surface area contributed by atoms with E-state index in [4.69, 9.17) is 4.74 Å². The maximum atomic E-state index is 12.4. The molecule has 0 fully saturated rings. The Morgan fingerprint density at radius 3 is 2.23 bits per heavy atom. The molecule has 0 atom stereocenters. The largest absolute Gasteiger partial charge is 0.484 e. The number of hydrogen-bond acceptors (Lipinski definition) is 3. The van der Waals surface area contributed by atoms with E-state index >= 15 is 0 Å². The van der Waals surface area contributed by atoms with Crippen molar-refractivity contribution in [2.45, 2.75) is 6.92 Å². The molecule has 0 saturated carbocycles. The number of carbonyl (C=O) groups excluding carboxylic acids is 2. The Morgan fingerprint density at radius 1 is 0.742 bits per heavy atom. The van der Waals surface area contributed by atoms with Crippen molar-refractivity contribution >= 4 is 34.0 Å². The lowest BCUT2D eigenvalue weighted by atomic mass is 10.1. The number of carbonyl (C=O) groups is 2. The monoisotopic (exact) mass is 410 g/mol. The summed E-state index contributed by atoms with van der Waals surface area (Å²) in [6.07, 6.45) is 0. The van der Waals surface area contributed by atoms with Crippen LogP contribution in [0.5, 0.6) is 5.75 Å². The van der Waals surface area contributed by atoms with Gasteiger partial charge in [-0.25, -0.2) is 0 Å². The first-order valence-corrected chi connectivity index (χ1v) is 9.97. The minimum Gasteiger partial charge on any atom is -0.484 e. The number of amides is 2. The SMILES string of the molecule is Cc1ccccc1NC(=O)c1ccc(OCC(=O)Nc2cccc3ccccc23)cc1. The van der Waals surface area contributed by atoms with Gasteiger partial charge in [0.2, 0.25) is 0 Å². The van der Waals surface area contributed by atoms with Crippen molar-refractivity contribution in [3.8, 4) is 5.75 Å². The molecule has 4 aromatic rings. The zero-order valence-electron chi connectivity index (χ0n) is 17.1. The van der Waals surface area contributed by atoms with Gasteiger partial charge in [0.25, 0.3) is 11.8 Å². The summed E-state index contributed by atoms with van der Waals surface area (Å²) in [5.41, 5.74) is 3.02. The van der Waals surface area contributed by atoms with Gasteiger partial charge in [0.1, 0.15) is 5.75 Å². The fraction of sp³-hybridized carbons (Fsp3) is 0.0769. The smallest absolute Gasteiger partial charge is 0.262 e. The van der Waals surface area contributed by atoms with Crippen LogP contribution in [0.3, 0.4) is 0 Å². The molecule has 154 valence electrons. The van der Waals surface area contributed by atoms with Crippen molar-refractivity contribution in [2.75, 3.05) is 17.2 Å². The number of nitrogens with one attached hydrogen (secondary N) is 2. The third-order valence-electron chi connectivity index (χ3n) is 4.94. The number of hydrogen-bond donors (Lipinski definition) is 2. The first-order chi connectivity index (χ1) is 15.1. The van der Waals surface area contributed by atoms with Gasteiger partial charge in [0, 0.05) is 22.3 Å². The van der Waals surface area contributed by atoms with Crippen molar-refractivity contribution in [1.29, 1.82) is 0 Å². The summed E-state index contributed by atoms with van der Waals surface area (Å²) >= 11 is 0. The maximum absolute atomic E-state index is 12.4. The van der Waals surface area contributed by atoms with Crippen LogP contribution in [0.15, 0.2) is 91.0 Å². The summed E-state index contributed by atoms with van der Waals surface area (Å²) in [5.74, 6) is 0.0628. The zero-order chi connectivity index (χ0) is 21.6. The number of benzene rings is 4. The van der Waals surface area contributed by atoms with Crippen LogP contribution in [-0.4, -0.2) is 18.4 Å². The van der Waals surface area contributed by atoms with Crippen LogP contribution >= 0.6 is 0 Å². The van der Waals surface area contributed by atoms with Crippen LogP contribution in [0.1, 0.15) is 15.9 Å². The summed E-state index contributed by atoms with van der Waals surface area (Å²) in [6, 6.07) is 27.9. The van der Waals surface area contributed by atoms with E-state index in [1.807, 2.05) is 73.7 Å².